The van der Waals surface area contributed by atoms with Crippen LogP contribution in [0.1, 0.15) is 23.0 Å². The van der Waals surface area contributed by atoms with Crippen LogP contribution in [-0.2, 0) is 31.4 Å². The highest BCUT2D eigenvalue weighted by Crippen LogP contribution is 2.11. The van der Waals surface area contributed by atoms with Gasteiger partial charge < -0.3 is 10.1 Å². The number of nitrogens with one attached hydrogen (secondary N) is 2. The van der Waals surface area contributed by atoms with Gasteiger partial charge in [0.1, 0.15) is 12.4 Å². The normalized spacial score (nSPS) is 11.1. The highest BCUT2D eigenvalue weighted by Gasteiger charge is 2.17. The molecule has 0 bridgehead atoms. The summed E-state index contributed by atoms with van der Waals surface area (Å²) >= 11 is 0. The van der Waals surface area contributed by atoms with Crippen molar-refractivity contribution in [2.24, 2.45) is 7.05 Å². The topological polar surface area (TPSA) is 136 Å². The first-order valence-corrected chi connectivity index (χ1v) is 9.63. The molecule has 11 heteroatoms. The fourth-order valence-corrected chi connectivity index (χ4v) is 3.18. The van der Waals surface area contributed by atoms with Crippen molar-refractivity contribution in [2.75, 3.05) is 18.5 Å². The molecule has 2 N–H and O–H groups in total. The number of Topliss-reactive ketones (excluding diaryl/α,β-unsaturated/α-hetero) is 1. The number of ketones is 1. The van der Waals surface area contributed by atoms with Crippen LogP contribution in [0.5, 0.6) is 0 Å². The molecular weight excluding hydrogens is 388 g/mol. The molecule has 0 unspecified atom stereocenters. The molecule has 0 saturated heterocycles. The predicted molar refractivity (Wildman–Crippen MR) is 99.2 cm³/mol. The number of sulfonamides is 1. The summed E-state index contributed by atoms with van der Waals surface area (Å²) < 4.78 is 32.6. The van der Waals surface area contributed by atoms with Crippen molar-refractivity contribution in [1.29, 1.82) is 0 Å². The third-order valence-electron chi connectivity index (χ3n) is 3.61. The van der Waals surface area contributed by atoms with Gasteiger partial charge in [0.15, 0.2) is 12.4 Å². The van der Waals surface area contributed by atoms with Gasteiger partial charge >= 0.3 is 5.97 Å². The lowest BCUT2D eigenvalue weighted by Gasteiger charge is -2.08. The van der Waals surface area contributed by atoms with Crippen molar-refractivity contribution in [1.82, 2.24) is 14.5 Å². The quantitative estimate of drug-likeness (QED) is 0.476. The molecule has 1 aromatic carbocycles. The van der Waals surface area contributed by atoms with Crippen LogP contribution < -0.4 is 10.0 Å². The number of nitrogens with zero attached hydrogens (tertiary/aromatic N) is 2. The molecule has 150 valence electrons. The van der Waals surface area contributed by atoms with E-state index in [4.69, 9.17) is 4.74 Å². The molecule has 0 saturated carbocycles. The maximum atomic E-state index is 12.1. The van der Waals surface area contributed by atoms with E-state index in [0.29, 0.717) is 17.1 Å². The molecule has 0 aliphatic carbocycles. The molecule has 0 atom stereocenters. The number of anilines is 1. The van der Waals surface area contributed by atoms with Crippen molar-refractivity contribution < 1.29 is 27.5 Å². The van der Waals surface area contributed by atoms with E-state index in [1.165, 1.54) is 35.9 Å². The molecule has 1 aromatic heterocycles. The summed E-state index contributed by atoms with van der Waals surface area (Å²) in [4.78, 5) is 34.6. The van der Waals surface area contributed by atoms with Crippen LogP contribution in [0, 0.1) is 6.92 Å². The Hall–Kier alpha value is -3.05. The SMILES string of the molecule is CC(=O)c1ccc(S(=O)(=O)NCC(=O)OCC(=O)Nc2cc(C)nn2C)cc1. The predicted octanol–water partition coefficient (Wildman–Crippen LogP) is 0.391. The van der Waals surface area contributed by atoms with Crippen molar-refractivity contribution in [3.63, 3.8) is 0 Å². The first kappa shape index (κ1) is 21.3. The van der Waals surface area contributed by atoms with Crippen LogP contribution in [0.3, 0.4) is 0 Å². The smallest absolute Gasteiger partial charge is 0.321 e. The van der Waals surface area contributed by atoms with E-state index in [9.17, 15) is 22.8 Å². The average molecular weight is 408 g/mol. The Bertz CT molecular complexity index is 995. The van der Waals surface area contributed by atoms with Crippen molar-refractivity contribution in [3.8, 4) is 0 Å². The standard InChI is InChI=1S/C17H20N4O6S/c1-11-8-15(21(3)20-11)19-16(23)10-27-17(24)9-18-28(25,26)14-6-4-13(5-7-14)12(2)22/h4-8,18H,9-10H2,1-3H3,(H,19,23). The minimum atomic E-state index is -3.96. The summed E-state index contributed by atoms with van der Waals surface area (Å²) in [5.74, 6) is -1.26. The summed E-state index contributed by atoms with van der Waals surface area (Å²) in [6.07, 6.45) is 0. The molecule has 2 aromatic rings. The third kappa shape index (κ3) is 5.72. The Balaban J connectivity index is 1.83. The number of benzene rings is 1. The first-order chi connectivity index (χ1) is 13.1. The number of hydrogen-bond donors (Lipinski definition) is 2. The largest absolute Gasteiger partial charge is 0.455 e. The second-order valence-corrected chi connectivity index (χ2v) is 7.68. The van der Waals surface area contributed by atoms with Gasteiger partial charge in [-0.3, -0.25) is 19.1 Å². The Morgan fingerprint density at radius 2 is 1.82 bits per heavy atom. The number of carbonyl (C=O) groups is 3. The summed E-state index contributed by atoms with van der Waals surface area (Å²) in [5, 5.41) is 6.58. The lowest BCUT2D eigenvalue weighted by atomic mass is 10.2. The molecule has 10 nitrogen and oxygen atoms in total. The lowest BCUT2D eigenvalue weighted by Crippen LogP contribution is -2.32. The average Bonchev–Trinajstić information content (AvgIpc) is 2.95. The monoisotopic (exact) mass is 408 g/mol. The zero-order valence-electron chi connectivity index (χ0n) is 15.6. The van der Waals surface area contributed by atoms with E-state index in [1.54, 1.807) is 20.0 Å². The van der Waals surface area contributed by atoms with Crippen LogP contribution in [-0.4, -0.2) is 49.0 Å². The van der Waals surface area contributed by atoms with E-state index in [1.807, 2.05) is 0 Å². The maximum absolute atomic E-state index is 12.1. The van der Waals surface area contributed by atoms with E-state index >= 15 is 0 Å². The van der Waals surface area contributed by atoms with Crippen LogP contribution in [0.2, 0.25) is 0 Å². The highest BCUT2D eigenvalue weighted by molar-refractivity contribution is 7.89. The number of ether oxygens (including phenoxy) is 1. The minimum Gasteiger partial charge on any atom is -0.455 e. The minimum absolute atomic E-state index is 0.102. The van der Waals surface area contributed by atoms with Gasteiger partial charge in [0.05, 0.1) is 10.6 Å². The Morgan fingerprint density at radius 1 is 1.18 bits per heavy atom. The zero-order valence-corrected chi connectivity index (χ0v) is 16.4. The molecule has 0 aliphatic rings. The summed E-state index contributed by atoms with van der Waals surface area (Å²) in [6.45, 7) is 1.91. The van der Waals surface area contributed by atoms with Gasteiger partial charge in [-0.15, -0.1) is 0 Å². The highest BCUT2D eigenvalue weighted by atomic mass is 32.2. The first-order valence-electron chi connectivity index (χ1n) is 8.15. The molecule has 28 heavy (non-hydrogen) atoms. The molecule has 1 heterocycles. The second kappa shape index (κ2) is 8.76. The van der Waals surface area contributed by atoms with E-state index < -0.39 is 35.1 Å². The van der Waals surface area contributed by atoms with Gasteiger partial charge in [0, 0.05) is 18.7 Å². The molecule has 0 aliphatic heterocycles. The molecule has 0 radical (unpaired) electrons. The Labute approximate surface area is 161 Å². The summed E-state index contributed by atoms with van der Waals surface area (Å²) in [6, 6.07) is 6.91. The van der Waals surface area contributed by atoms with Gasteiger partial charge in [-0.1, -0.05) is 12.1 Å². The van der Waals surface area contributed by atoms with Crippen molar-refractivity contribution >= 4 is 33.5 Å². The maximum Gasteiger partial charge on any atom is 0.321 e. The van der Waals surface area contributed by atoms with Gasteiger partial charge in [-0.05, 0) is 26.0 Å². The van der Waals surface area contributed by atoms with Crippen LogP contribution in [0.25, 0.3) is 0 Å². The van der Waals surface area contributed by atoms with E-state index in [2.05, 4.69) is 15.1 Å². The number of hydrogen-bond acceptors (Lipinski definition) is 7. The van der Waals surface area contributed by atoms with Crippen LogP contribution in [0.15, 0.2) is 35.2 Å². The second-order valence-electron chi connectivity index (χ2n) is 5.91. The molecule has 1 amide bonds. The Morgan fingerprint density at radius 3 is 2.36 bits per heavy atom. The van der Waals surface area contributed by atoms with E-state index in [0.717, 1.165) is 0 Å². The molecular formula is C17H20N4O6S. The summed E-state index contributed by atoms with van der Waals surface area (Å²) in [7, 11) is -2.32. The number of carbonyl (C=O) groups excluding carboxylic acids is 3. The van der Waals surface area contributed by atoms with Gasteiger partial charge in [-0.25, -0.2) is 8.42 Å². The van der Waals surface area contributed by atoms with Crippen molar-refractivity contribution in [2.45, 2.75) is 18.7 Å². The van der Waals surface area contributed by atoms with Crippen LogP contribution in [0.4, 0.5) is 5.82 Å². The number of esters is 1. The third-order valence-corrected chi connectivity index (χ3v) is 5.03. The lowest BCUT2D eigenvalue weighted by molar-refractivity contribution is -0.146. The van der Waals surface area contributed by atoms with Gasteiger partial charge in [0.2, 0.25) is 10.0 Å². The molecule has 2 rings (SSSR count). The molecule has 0 fully saturated rings. The summed E-state index contributed by atoms with van der Waals surface area (Å²) in [5.41, 5.74) is 1.08. The molecule has 0 spiro atoms. The number of amides is 1. The fraction of sp³-hybridized carbons (Fsp3) is 0.294. The fourth-order valence-electron chi connectivity index (χ4n) is 2.21. The van der Waals surface area contributed by atoms with Gasteiger partial charge in [-0.2, -0.15) is 9.82 Å². The van der Waals surface area contributed by atoms with Crippen molar-refractivity contribution in [3.05, 3.63) is 41.6 Å². The van der Waals surface area contributed by atoms with Crippen LogP contribution >= 0.6 is 0 Å². The Kier molecular flexibility index (Phi) is 6.65. The number of aryl methyl sites for hydroxylation is 2. The zero-order chi connectivity index (χ0) is 20.9. The van der Waals surface area contributed by atoms with Gasteiger partial charge in [0.25, 0.3) is 5.91 Å². The number of rotatable bonds is 8. The van der Waals surface area contributed by atoms with E-state index in [-0.39, 0.29) is 10.7 Å². The number of aromatic nitrogens is 2.